The second-order valence-electron chi connectivity index (χ2n) is 5.32. The third-order valence-corrected chi connectivity index (χ3v) is 5.31. The maximum atomic E-state index is 6.07. The second kappa shape index (κ2) is 4.59. The van der Waals surface area contributed by atoms with Crippen molar-refractivity contribution in [3.05, 3.63) is 23.8 Å². The van der Waals surface area contributed by atoms with Crippen LogP contribution in [0.5, 0.6) is 0 Å². The van der Waals surface area contributed by atoms with Gasteiger partial charge < -0.3 is 10.7 Å². The first-order valence-electron chi connectivity index (χ1n) is 6.52. The number of nitrogens with one attached hydrogen (secondary N) is 1. The molecule has 3 rings (SSSR count). The quantitative estimate of drug-likeness (QED) is 0.873. The third-order valence-electron chi connectivity index (χ3n) is 3.92. The predicted octanol–water partition coefficient (Wildman–Crippen LogP) is 3.09. The minimum Gasteiger partial charge on any atom is -0.333 e. The van der Waals surface area contributed by atoms with Crippen LogP contribution in [0.2, 0.25) is 0 Å². The van der Waals surface area contributed by atoms with Crippen LogP contribution in [-0.2, 0) is 0 Å². The summed E-state index contributed by atoms with van der Waals surface area (Å²) in [5.41, 5.74) is 9.52. The topological polar surface area (TPSA) is 54.7 Å². The largest absolute Gasteiger partial charge is 0.333 e. The average Bonchev–Trinajstić information content (AvgIpc) is 2.86. The van der Waals surface area contributed by atoms with Crippen molar-refractivity contribution in [2.75, 3.05) is 0 Å². The lowest BCUT2D eigenvalue weighted by molar-refractivity contribution is 0.534. The number of fused-ring (bicyclic) bond motifs is 1. The highest BCUT2D eigenvalue weighted by atomic mass is 32.2. The molecule has 3 N–H and O–H groups in total. The van der Waals surface area contributed by atoms with E-state index in [1.54, 1.807) is 0 Å². The summed E-state index contributed by atoms with van der Waals surface area (Å²) < 4.78 is 0. The van der Waals surface area contributed by atoms with Crippen LogP contribution in [-0.4, -0.2) is 21.3 Å². The fraction of sp³-hybridized carbons (Fsp3) is 0.500. The molecule has 0 radical (unpaired) electrons. The van der Waals surface area contributed by atoms with Crippen LogP contribution < -0.4 is 5.73 Å². The lowest BCUT2D eigenvalue weighted by Crippen LogP contribution is -2.26. The molecule has 3 nitrogen and oxygen atoms in total. The van der Waals surface area contributed by atoms with Crippen molar-refractivity contribution in [2.45, 2.75) is 43.1 Å². The maximum Gasteiger partial charge on any atom is 0.166 e. The second-order valence-corrected chi connectivity index (χ2v) is 6.55. The fourth-order valence-corrected chi connectivity index (χ4v) is 3.90. The van der Waals surface area contributed by atoms with Crippen LogP contribution in [0.25, 0.3) is 11.0 Å². The number of nitrogens with zero attached hydrogens (tertiary/aromatic N) is 1. The van der Waals surface area contributed by atoms with Gasteiger partial charge in [-0.1, -0.05) is 24.8 Å². The Morgan fingerprint density at radius 2 is 2.22 bits per heavy atom. The lowest BCUT2D eigenvalue weighted by Gasteiger charge is -2.15. The van der Waals surface area contributed by atoms with Gasteiger partial charge in [-0.05, 0) is 43.4 Å². The van der Waals surface area contributed by atoms with E-state index in [0.717, 1.165) is 22.6 Å². The van der Waals surface area contributed by atoms with E-state index in [0.29, 0.717) is 17.2 Å². The molecule has 1 aromatic heterocycles. The molecule has 0 spiro atoms. The number of thioether (sulfide) groups is 1. The SMILES string of the molecule is Cc1ccc2nc(SC3CCC(N)C3C)[nH]c2c1. The first kappa shape index (κ1) is 12.1. The summed E-state index contributed by atoms with van der Waals surface area (Å²) in [4.78, 5) is 8.05. The van der Waals surface area contributed by atoms with Gasteiger partial charge in [-0.15, -0.1) is 0 Å². The molecule has 2 aromatic rings. The molecule has 0 amide bonds. The Kier molecular flexibility index (Phi) is 3.08. The molecular weight excluding hydrogens is 242 g/mol. The van der Waals surface area contributed by atoms with Gasteiger partial charge in [0.15, 0.2) is 5.16 Å². The number of nitrogens with two attached hydrogens (primary N) is 1. The van der Waals surface area contributed by atoms with E-state index in [1.165, 1.54) is 12.0 Å². The van der Waals surface area contributed by atoms with Gasteiger partial charge in [0.25, 0.3) is 0 Å². The standard InChI is InChI=1S/C14H19N3S/c1-8-3-5-11-12(7-8)17-14(16-11)18-13-6-4-10(15)9(13)2/h3,5,7,9-10,13H,4,6,15H2,1-2H3,(H,16,17). The minimum atomic E-state index is 0.356. The maximum absolute atomic E-state index is 6.07. The van der Waals surface area contributed by atoms with E-state index in [9.17, 15) is 0 Å². The highest BCUT2D eigenvalue weighted by Crippen LogP contribution is 2.37. The molecule has 4 heteroatoms. The van der Waals surface area contributed by atoms with Crippen molar-refractivity contribution in [3.8, 4) is 0 Å². The Balaban J connectivity index is 1.83. The van der Waals surface area contributed by atoms with Crippen LogP contribution in [0.1, 0.15) is 25.3 Å². The number of H-pyrrole nitrogens is 1. The molecule has 1 saturated carbocycles. The molecule has 18 heavy (non-hydrogen) atoms. The zero-order chi connectivity index (χ0) is 12.7. The van der Waals surface area contributed by atoms with E-state index in [1.807, 2.05) is 11.8 Å². The van der Waals surface area contributed by atoms with Crippen LogP contribution in [0.4, 0.5) is 0 Å². The van der Waals surface area contributed by atoms with Crippen molar-refractivity contribution in [1.82, 2.24) is 9.97 Å². The predicted molar refractivity (Wildman–Crippen MR) is 76.8 cm³/mol. The summed E-state index contributed by atoms with van der Waals surface area (Å²) in [6.45, 7) is 4.35. The number of imidazole rings is 1. The zero-order valence-electron chi connectivity index (χ0n) is 10.8. The highest BCUT2D eigenvalue weighted by Gasteiger charge is 2.31. The Morgan fingerprint density at radius 1 is 1.39 bits per heavy atom. The number of hydrogen-bond donors (Lipinski definition) is 2. The summed E-state index contributed by atoms with van der Waals surface area (Å²) in [7, 11) is 0. The van der Waals surface area contributed by atoms with Gasteiger partial charge in [0.05, 0.1) is 11.0 Å². The number of aromatic amines is 1. The molecule has 0 saturated heterocycles. The molecule has 3 atom stereocenters. The zero-order valence-corrected chi connectivity index (χ0v) is 11.6. The molecule has 3 unspecified atom stereocenters. The van der Waals surface area contributed by atoms with E-state index < -0.39 is 0 Å². The smallest absolute Gasteiger partial charge is 0.166 e. The van der Waals surface area contributed by atoms with Gasteiger partial charge in [-0.25, -0.2) is 4.98 Å². The van der Waals surface area contributed by atoms with Gasteiger partial charge in [-0.3, -0.25) is 0 Å². The molecule has 1 heterocycles. The van der Waals surface area contributed by atoms with Crippen molar-refractivity contribution in [3.63, 3.8) is 0 Å². The molecule has 96 valence electrons. The average molecular weight is 261 g/mol. The lowest BCUT2D eigenvalue weighted by atomic mass is 10.1. The van der Waals surface area contributed by atoms with Crippen LogP contribution >= 0.6 is 11.8 Å². The number of aryl methyl sites for hydroxylation is 1. The van der Waals surface area contributed by atoms with Crippen LogP contribution in [0, 0.1) is 12.8 Å². The highest BCUT2D eigenvalue weighted by molar-refractivity contribution is 7.99. The Bertz CT molecular complexity index is 563. The summed E-state index contributed by atoms with van der Waals surface area (Å²) >= 11 is 1.85. The fourth-order valence-electron chi connectivity index (χ4n) is 2.62. The number of hydrogen-bond acceptors (Lipinski definition) is 3. The third kappa shape index (κ3) is 2.15. The molecule has 1 aromatic carbocycles. The molecule has 0 bridgehead atoms. The van der Waals surface area contributed by atoms with E-state index in [-0.39, 0.29) is 0 Å². The number of rotatable bonds is 2. The molecule has 1 fully saturated rings. The van der Waals surface area contributed by atoms with Crippen molar-refractivity contribution in [1.29, 1.82) is 0 Å². The van der Waals surface area contributed by atoms with E-state index in [2.05, 4.69) is 42.0 Å². The molecule has 1 aliphatic rings. The molecule has 1 aliphatic carbocycles. The first-order chi connectivity index (χ1) is 8.63. The van der Waals surface area contributed by atoms with Gasteiger partial charge in [0, 0.05) is 11.3 Å². The summed E-state index contributed by atoms with van der Waals surface area (Å²) in [5, 5.41) is 1.63. The van der Waals surface area contributed by atoms with Gasteiger partial charge in [0.2, 0.25) is 0 Å². The summed E-state index contributed by atoms with van der Waals surface area (Å²) in [5.74, 6) is 0.574. The Morgan fingerprint density at radius 3 is 2.94 bits per heavy atom. The van der Waals surface area contributed by atoms with Crippen LogP contribution in [0.3, 0.4) is 0 Å². The Labute approximate surface area is 112 Å². The molecular formula is C14H19N3S. The van der Waals surface area contributed by atoms with E-state index >= 15 is 0 Å². The van der Waals surface area contributed by atoms with Crippen LogP contribution in [0.15, 0.2) is 23.4 Å². The number of benzene rings is 1. The van der Waals surface area contributed by atoms with Crippen molar-refractivity contribution < 1.29 is 0 Å². The summed E-state index contributed by atoms with van der Waals surface area (Å²) in [6, 6.07) is 6.69. The monoisotopic (exact) mass is 261 g/mol. The van der Waals surface area contributed by atoms with Gasteiger partial charge in [-0.2, -0.15) is 0 Å². The number of aromatic nitrogens is 2. The molecule has 0 aliphatic heterocycles. The first-order valence-corrected chi connectivity index (χ1v) is 7.40. The van der Waals surface area contributed by atoms with Crippen molar-refractivity contribution >= 4 is 22.8 Å². The van der Waals surface area contributed by atoms with Gasteiger partial charge in [0.1, 0.15) is 0 Å². The summed E-state index contributed by atoms with van der Waals surface area (Å²) in [6.07, 6.45) is 2.33. The van der Waals surface area contributed by atoms with Gasteiger partial charge >= 0.3 is 0 Å². The minimum absolute atomic E-state index is 0.356. The normalized spacial score (nSPS) is 28.1. The van der Waals surface area contributed by atoms with E-state index in [4.69, 9.17) is 5.73 Å². The van der Waals surface area contributed by atoms with Crippen molar-refractivity contribution in [2.24, 2.45) is 11.7 Å². The Hall–Kier alpha value is -1.00.